The fraction of sp³-hybridized carbons (Fsp3) is 0. The molecule has 0 spiro atoms. The topological polar surface area (TPSA) is 14.8 Å². The van der Waals surface area contributed by atoms with Crippen LogP contribution in [-0.4, -0.2) is 20.4 Å². The molecule has 3 nitrogen and oxygen atoms in total. The monoisotopic (exact) mass is 953 g/mol. The SMILES string of the molecule is c1ccc2c(c1)-c1cccc3ccc4c(c13)c1c-2cccc1n4-c1cc2c3c(c1)-n1c4cccc5c4c4c6c(cccc6cc(c41)B3c1ccc3c4c6c7c(cccc7ccc6n-2c14)-c1ccccc1-3)-c1ccccc1-5. The molecule has 3 aromatic heterocycles. The van der Waals surface area contributed by atoms with Crippen LogP contribution >= 0.6 is 0 Å². The largest absolute Gasteiger partial charge is 0.310 e. The Balaban J connectivity index is 1.00. The van der Waals surface area contributed by atoms with Gasteiger partial charge in [0.1, 0.15) is 0 Å². The Morgan fingerprint density at radius 3 is 1.18 bits per heavy atom. The highest BCUT2D eigenvalue weighted by Gasteiger charge is 2.44. The highest BCUT2D eigenvalue weighted by molar-refractivity contribution is 7.00. The molecule has 0 saturated carbocycles. The zero-order chi connectivity index (χ0) is 48.5. The van der Waals surface area contributed by atoms with Crippen LogP contribution in [0.5, 0.6) is 0 Å². The molecule has 0 radical (unpaired) electrons. The van der Waals surface area contributed by atoms with Crippen molar-refractivity contribution in [2.45, 2.75) is 0 Å². The summed E-state index contributed by atoms with van der Waals surface area (Å²) in [4.78, 5) is 0. The van der Waals surface area contributed by atoms with Gasteiger partial charge in [-0.15, -0.1) is 0 Å². The fourth-order valence-electron chi connectivity index (χ4n) is 16.3. The van der Waals surface area contributed by atoms with Crippen LogP contribution in [0.15, 0.2) is 218 Å². The van der Waals surface area contributed by atoms with E-state index in [0.29, 0.717) is 0 Å². The molecule has 0 amide bonds. The van der Waals surface area contributed by atoms with Crippen molar-refractivity contribution in [2.24, 2.45) is 0 Å². The summed E-state index contributed by atoms with van der Waals surface area (Å²) < 4.78 is 8.03. The predicted octanol–water partition coefficient (Wildman–Crippen LogP) is 16.5. The molecule has 342 valence electrons. The van der Waals surface area contributed by atoms with Crippen molar-refractivity contribution in [3.05, 3.63) is 218 Å². The zero-order valence-corrected chi connectivity index (χ0v) is 40.7. The molecule has 0 saturated heterocycles. The van der Waals surface area contributed by atoms with Crippen molar-refractivity contribution < 1.29 is 0 Å². The van der Waals surface area contributed by atoms with Gasteiger partial charge in [0, 0.05) is 43.7 Å². The minimum absolute atomic E-state index is 0.0357. The van der Waals surface area contributed by atoms with Gasteiger partial charge < -0.3 is 13.7 Å². The van der Waals surface area contributed by atoms with Gasteiger partial charge in [0.05, 0.1) is 38.8 Å². The van der Waals surface area contributed by atoms with E-state index in [1.54, 1.807) is 0 Å². The molecule has 13 aromatic carbocycles. The molecule has 4 heteroatoms. The van der Waals surface area contributed by atoms with Gasteiger partial charge in [-0.25, -0.2) is 0 Å². The van der Waals surface area contributed by atoms with Gasteiger partial charge in [-0.3, -0.25) is 0 Å². The zero-order valence-electron chi connectivity index (χ0n) is 40.7. The van der Waals surface area contributed by atoms with E-state index in [4.69, 9.17) is 0 Å². The maximum absolute atomic E-state index is 2.70. The van der Waals surface area contributed by atoms with Gasteiger partial charge >= 0.3 is 0 Å². The third kappa shape index (κ3) is 4.02. The summed E-state index contributed by atoms with van der Waals surface area (Å²) in [6.45, 7) is -0.0357. The summed E-state index contributed by atoms with van der Waals surface area (Å²) >= 11 is 0. The number of aromatic nitrogens is 3. The molecule has 0 bridgehead atoms. The molecular weight excluding hydrogens is 918 g/mol. The maximum Gasteiger partial charge on any atom is 0.252 e. The summed E-state index contributed by atoms with van der Waals surface area (Å²) in [6.07, 6.45) is 0. The van der Waals surface area contributed by atoms with E-state index in [-0.39, 0.29) is 6.71 Å². The highest BCUT2D eigenvalue weighted by atomic mass is 15.1. The van der Waals surface area contributed by atoms with Crippen LogP contribution in [0.3, 0.4) is 0 Å². The molecule has 5 aliphatic rings. The predicted molar refractivity (Wildman–Crippen MR) is 320 cm³/mol. The number of hydrogen-bond acceptors (Lipinski definition) is 0. The number of fused-ring (bicyclic) bond motifs is 15. The van der Waals surface area contributed by atoms with E-state index in [1.165, 1.54) is 192 Å². The minimum atomic E-state index is -0.0357. The summed E-state index contributed by atoms with van der Waals surface area (Å²) in [5.74, 6) is 0. The standard InChI is InChI=1S/C72H36BN3/c1-4-18-44-41(15-1)47-21-7-12-37-28-32-57-67(61(37)47)64-50(44)24-10-26-55(64)74(57)40-35-59-70-60(36-40)76-58-33-29-38-13-8-22-48-43-17-3-6-20-46(43)52-30-31-53(71(76)66(52)68(58)62(38)48)73(70)54-34-39-14-9-23-49-42-16-2-5-19-45(42)51-25-11-27-56-65(51)69(63(39)49)72(54)75(56)59/h1-36H. The first-order valence-electron chi connectivity index (χ1n) is 26.8. The Morgan fingerprint density at radius 2 is 0.632 bits per heavy atom. The molecule has 3 aliphatic carbocycles. The Kier molecular flexibility index (Phi) is 6.23. The molecule has 21 rings (SSSR count). The van der Waals surface area contributed by atoms with Crippen molar-refractivity contribution in [3.63, 3.8) is 0 Å². The van der Waals surface area contributed by atoms with E-state index >= 15 is 0 Å². The third-order valence-corrected chi connectivity index (χ3v) is 19.0. The second-order valence-corrected chi connectivity index (χ2v) is 22.1. The van der Waals surface area contributed by atoms with Crippen molar-refractivity contribution in [3.8, 4) is 83.8 Å². The minimum Gasteiger partial charge on any atom is -0.310 e. The lowest BCUT2D eigenvalue weighted by Gasteiger charge is -2.35. The van der Waals surface area contributed by atoms with E-state index in [2.05, 4.69) is 232 Å². The Morgan fingerprint density at radius 1 is 0.237 bits per heavy atom. The summed E-state index contributed by atoms with van der Waals surface area (Å²) in [5, 5.41) is 15.9. The van der Waals surface area contributed by atoms with Crippen LogP contribution in [0.1, 0.15) is 0 Å². The first-order chi connectivity index (χ1) is 37.8. The first-order valence-corrected chi connectivity index (χ1v) is 26.8. The third-order valence-electron chi connectivity index (χ3n) is 19.0. The molecule has 76 heavy (non-hydrogen) atoms. The molecular formula is C72H36BN3. The second kappa shape index (κ2) is 12.5. The summed E-state index contributed by atoms with van der Waals surface area (Å²) in [5.41, 5.74) is 30.9. The fourth-order valence-corrected chi connectivity index (χ4v) is 16.3. The van der Waals surface area contributed by atoms with Crippen molar-refractivity contribution in [1.82, 2.24) is 13.7 Å². The molecule has 0 N–H and O–H groups in total. The lowest BCUT2D eigenvalue weighted by Crippen LogP contribution is -2.59. The Hall–Kier alpha value is -9.90. The van der Waals surface area contributed by atoms with Gasteiger partial charge in [-0.1, -0.05) is 182 Å². The molecule has 5 heterocycles. The second-order valence-electron chi connectivity index (χ2n) is 22.1. The van der Waals surface area contributed by atoms with Crippen molar-refractivity contribution >= 4 is 121 Å². The summed E-state index contributed by atoms with van der Waals surface area (Å²) in [6, 6.07) is 84.5. The lowest BCUT2D eigenvalue weighted by atomic mass is 9.34. The van der Waals surface area contributed by atoms with Gasteiger partial charge in [0.25, 0.3) is 6.71 Å². The van der Waals surface area contributed by atoms with Gasteiger partial charge in [0.15, 0.2) is 0 Å². The van der Waals surface area contributed by atoms with Crippen LogP contribution in [0.4, 0.5) is 0 Å². The van der Waals surface area contributed by atoms with E-state index in [9.17, 15) is 0 Å². The molecule has 0 unspecified atom stereocenters. The number of rotatable bonds is 1. The van der Waals surface area contributed by atoms with Crippen LogP contribution < -0.4 is 16.4 Å². The van der Waals surface area contributed by atoms with E-state index < -0.39 is 0 Å². The van der Waals surface area contributed by atoms with E-state index in [0.717, 1.165) is 5.69 Å². The average molecular weight is 954 g/mol. The number of nitrogens with zero attached hydrogens (tertiary/aromatic N) is 3. The lowest BCUT2D eigenvalue weighted by molar-refractivity contribution is 1.10. The summed E-state index contributed by atoms with van der Waals surface area (Å²) in [7, 11) is 0. The van der Waals surface area contributed by atoms with Crippen molar-refractivity contribution in [1.29, 1.82) is 0 Å². The van der Waals surface area contributed by atoms with Crippen LogP contribution in [-0.2, 0) is 0 Å². The Bertz CT molecular complexity index is 5600. The highest BCUT2D eigenvalue weighted by Crippen LogP contribution is 2.55. The van der Waals surface area contributed by atoms with Crippen LogP contribution in [0.2, 0.25) is 0 Å². The van der Waals surface area contributed by atoms with Crippen molar-refractivity contribution in [2.75, 3.05) is 0 Å². The Labute approximate surface area is 434 Å². The number of benzene rings is 13. The van der Waals surface area contributed by atoms with Gasteiger partial charge in [0.2, 0.25) is 0 Å². The van der Waals surface area contributed by atoms with Gasteiger partial charge in [-0.05, 0) is 152 Å². The van der Waals surface area contributed by atoms with E-state index in [1.807, 2.05) is 0 Å². The normalized spacial score (nSPS) is 13.5. The molecule has 0 atom stereocenters. The smallest absolute Gasteiger partial charge is 0.252 e. The maximum atomic E-state index is 2.70. The first kappa shape index (κ1) is 37.8. The molecule has 16 aromatic rings. The average Bonchev–Trinajstić information content (AvgIpc) is 4.12. The quantitative estimate of drug-likeness (QED) is 0.146. The van der Waals surface area contributed by atoms with Crippen LogP contribution in [0, 0.1) is 0 Å². The van der Waals surface area contributed by atoms with Crippen LogP contribution in [0.25, 0.3) is 182 Å². The number of hydrogen-bond donors (Lipinski definition) is 0. The molecule has 0 fully saturated rings. The van der Waals surface area contributed by atoms with Gasteiger partial charge in [-0.2, -0.15) is 0 Å². The molecule has 2 aliphatic heterocycles.